The Kier molecular flexibility index (Phi) is 5.41. The Morgan fingerprint density at radius 2 is 2.23 bits per heavy atom. The number of nitrogens with one attached hydrogen (secondary N) is 2. The second kappa shape index (κ2) is 7.29. The van der Waals surface area contributed by atoms with Gasteiger partial charge in [0.1, 0.15) is 5.75 Å². The van der Waals surface area contributed by atoms with E-state index in [9.17, 15) is 9.90 Å². The van der Waals surface area contributed by atoms with Crippen LogP contribution in [0.3, 0.4) is 0 Å². The molecular weight excluding hydrogens is 280 g/mol. The molecule has 1 heterocycles. The number of H-pyrrole nitrogens is 1. The van der Waals surface area contributed by atoms with E-state index in [1.165, 1.54) is 0 Å². The predicted molar refractivity (Wildman–Crippen MR) is 87.8 cm³/mol. The van der Waals surface area contributed by atoms with E-state index in [2.05, 4.69) is 15.2 Å². The van der Waals surface area contributed by atoms with Crippen molar-refractivity contribution in [1.82, 2.24) is 15.2 Å². The van der Waals surface area contributed by atoms with Gasteiger partial charge in [0.25, 0.3) is 0 Å². The summed E-state index contributed by atoms with van der Waals surface area (Å²) in [7, 11) is 4.00. The van der Waals surface area contributed by atoms with Crippen molar-refractivity contribution in [2.75, 3.05) is 27.2 Å². The van der Waals surface area contributed by atoms with E-state index < -0.39 is 6.04 Å². The van der Waals surface area contributed by atoms with E-state index in [4.69, 9.17) is 5.73 Å². The zero-order chi connectivity index (χ0) is 16.1. The first-order chi connectivity index (χ1) is 10.5. The van der Waals surface area contributed by atoms with Crippen molar-refractivity contribution in [3.05, 3.63) is 30.0 Å². The average molecular weight is 304 g/mol. The fraction of sp³-hybridized carbons (Fsp3) is 0.438. The van der Waals surface area contributed by atoms with Gasteiger partial charge in [-0.15, -0.1) is 0 Å². The molecule has 0 aliphatic rings. The topological polar surface area (TPSA) is 94.4 Å². The number of aromatic amines is 1. The number of phenols is 1. The second-order valence-electron chi connectivity index (χ2n) is 5.80. The Bertz CT molecular complexity index is 636. The van der Waals surface area contributed by atoms with Gasteiger partial charge in [0.05, 0.1) is 6.04 Å². The van der Waals surface area contributed by atoms with E-state index in [0.29, 0.717) is 13.0 Å². The minimum atomic E-state index is -0.597. The van der Waals surface area contributed by atoms with Crippen LogP contribution in [0.15, 0.2) is 24.4 Å². The highest BCUT2D eigenvalue weighted by Gasteiger charge is 2.16. The lowest BCUT2D eigenvalue weighted by Gasteiger charge is -2.13. The number of rotatable bonds is 7. The maximum Gasteiger partial charge on any atom is 0.237 e. The van der Waals surface area contributed by atoms with Gasteiger partial charge in [-0.3, -0.25) is 4.79 Å². The lowest BCUT2D eigenvalue weighted by atomic mass is 10.0. The molecule has 22 heavy (non-hydrogen) atoms. The van der Waals surface area contributed by atoms with Gasteiger partial charge in [0.2, 0.25) is 5.91 Å². The summed E-state index contributed by atoms with van der Waals surface area (Å²) >= 11 is 0. The second-order valence-corrected chi connectivity index (χ2v) is 5.80. The molecule has 0 saturated carbocycles. The number of carbonyl (C=O) groups excluding carboxylic acids is 1. The van der Waals surface area contributed by atoms with Gasteiger partial charge in [-0.25, -0.2) is 0 Å². The van der Waals surface area contributed by atoms with Crippen molar-refractivity contribution in [2.45, 2.75) is 18.9 Å². The molecule has 0 aliphatic carbocycles. The number of aromatic hydroxyl groups is 1. The molecule has 0 bridgehead atoms. The molecule has 2 aromatic rings. The van der Waals surface area contributed by atoms with Gasteiger partial charge >= 0.3 is 0 Å². The molecule has 5 N–H and O–H groups in total. The van der Waals surface area contributed by atoms with Gasteiger partial charge in [-0.05, 0) is 57.2 Å². The monoisotopic (exact) mass is 304 g/mol. The Balaban J connectivity index is 1.91. The third-order valence-corrected chi connectivity index (χ3v) is 3.61. The number of benzene rings is 1. The minimum absolute atomic E-state index is 0.145. The summed E-state index contributed by atoms with van der Waals surface area (Å²) in [5, 5.41) is 13.3. The number of fused-ring (bicyclic) bond motifs is 1. The molecule has 1 amide bonds. The molecule has 2 rings (SSSR count). The highest BCUT2D eigenvalue weighted by Crippen LogP contribution is 2.23. The molecule has 1 aromatic carbocycles. The quantitative estimate of drug-likeness (QED) is 0.569. The number of carbonyl (C=O) groups is 1. The zero-order valence-corrected chi connectivity index (χ0v) is 13.1. The van der Waals surface area contributed by atoms with Crippen LogP contribution in [0.25, 0.3) is 10.9 Å². The molecule has 0 radical (unpaired) electrons. The number of nitrogens with zero attached hydrogens (tertiary/aromatic N) is 1. The van der Waals surface area contributed by atoms with Crippen molar-refractivity contribution in [3.63, 3.8) is 0 Å². The SMILES string of the molecule is CN(C)CCCNC(=O)[C@@H](N)Cc1c[nH]c2ccc(O)cc12. The largest absolute Gasteiger partial charge is 0.508 e. The van der Waals surface area contributed by atoms with Crippen LogP contribution in [0.1, 0.15) is 12.0 Å². The molecule has 0 fully saturated rings. The number of phenolic OH excluding ortho intramolecular Hbond substituents is 1. The summed E-state index contributed by atoms with van der Waals surface area (Å²) in [5.74, 6) is 0.0586. The fourth-order valence-corrected chi connectivity index (χ4v) is 2.40. The van der Waals surface area contributed by atoms with E-state index >= 15 is 0 Å². The predicted octanol–water partition coefficient (Wildman–Crippen LogP) is 0.811. The van der Waals surface area contributed by atoms with Crippen LogP contribution in [0.5, 0.6) is 5.75 Å². The van der Waals surface area contributed by atoms with E-state index in [1.807, 2.05) is 20.3 Å². The minimum Gasteiger partial charge on any atom is -0.508 e. The normalized spacial score (nSPS) is 12.7. The van der Waals surface area contributed by atoms with Crippen LogP contribution in [-0.2, 0) is 11.2 Å². The summed E-state index contributed by atoms with van der Waals surface area (Å²) in [6, 6.07) is 4.52. The summed E-state index contributed by atoms with van der Waals surface area (Å²) in [4.78, 5) is 17.2. The Morgan fingerprint density at radius 3 is 2.95 bits per heavy atom. The van der Waals surface area contributed by atoms with Crippen LogP contribution in [0, 0.1) is 0 Å². The van der Waals surface area contributed by atoms with Gasteiger partial charge in [0.15, 0.2) is 0 Å². The van der Waals surface area contributed by atoms with Crippen molar-refractivity contribution in [3.8, 4) is 5.75 Å². The molecule has 1 aromatic heterocycles. The maximum atomic E-state index is 12.0. The molecule has 6 heteroatoms. The summed E-state index contributed by atoms with van der Waals surface area (Å²) in [5.41, 5.74) is 7.84. The van der Waals surface area contributed by atoms with E-state index in [-0.39, 0.29) is 11.7 Å². The van der Waals surface area contributed by atoms with Crippen LogP contribution in [0.2, 0.25) is 0 Å². The summed E-state index contributed by atoms with van der Waals surface area (Å²) in [6.45, 7) is 1.55. The summed E-state index contributed by atoms with van der Waals surface area (Å²) < 4.78 is 0. The van der Waals surface area contributed by atoms with E-state index in [0.717, 1.165) is 29.4 Å². The molecule has 6 nitrogen and oxygen atoms in total. The maximum absolute atomic E-state index is 12.0. The third kappa shape index (κ3) is 4.22. The molecule has 0 aliphatic heterocycles. The fourth-order valence-electron chi connectivity index (χ4n) is 2.40. The highest BCUT2D eigenvalue weighted by atomic mass is 16.3. The number of aromatic nitrogens is 1. The van der Waals surface area contributed by atoms with Crippen LogP contribution < -0.4 is 11.1 Å². The van der Waals surface area contributed by atoms with Gasteiger partial charge in [0, 0.05) is 23.6 Å². The third-order valence-electron chi connectivity index (χ3n) is 3.61. The molecule has 1 atom stereocenters. The van der Waals surface area contributed by atoms with Gasteiger partial charge < -0.3 is 26.0 Å². The Morgan fingerprint density at radius 1 is 1.45 bits per heavy atom. The van der Waals surface area contributed by atoms with Crippen LogP contribution >= 0.6 is 0 Å². The molecule has 0 saturated heterocycles. The van der Waals surface area contributed by atoms with Gasteiger partial charge in [-0.1, -0.05) is 0 Å². The first kappa shape index (κ1) is 16.3. The van der Waals surface area contributed by atoms with Crippen LogP contribution in [-0.4, -0.2) is 54.1 Å². The first-order valence-electron chi connectivity index (χ1n) is 7.44. The smallest absolute Gasteiger partial charge is 0.237 e. The number of nitrogens with two attached hydrogens (primary N) is 1. The Labute approximate surface area is 130 Å². The van der Waals surface area contributed by atoms with Crippen molar-refractivity contribution < 1.29 is 9.90 Å². The molecular formula is C16H24N4O2. The standard InChI is InChI=1S/C16H24N4O2/c1-20(2)7-3-6-18-16(22)14(17)8-11-10-19-15-5-4-12(21)9-13(11)15/h4-5,9-10,14,19,21H,3,6-8,17H2,1-2H3,(H,18,22)/t14-/m0/s1. The lowest BCUT2D eigenvalue weighted by molar-refractivity contribution is -0.122. The number of amides is 1. The average Bonchev–Trinajstić information content (AvgIpc) is 2.85. The zero-order valence-electron chi connectivity index (χ0n) is 13.1. The summed E-state index contributed by atoms with van der Waals surface area (Å²) in [6.07, 6.45) is 3.17. The Hall–Kier alpha value is -2.05. The number of hydrogen-bond acceptors (Lipinski definition) is 4. The van der Waals surface area contributed by atoms with Crippen LogP contribution in [0.4, 0.5) is 0 Å². The van der Waals surface area contributed by atoms with E-state index in [1.54, 1.807) is 18.2 Å². The van der Waals surface area contributed by atoms with Gasteiger partial charge in [-0.2, -0.15) is 0 Å². The first-order valence-corrected chi connectivity index (χ1v) is 7.44. The van der Waals surface area contributed by atoms with Crippen molar-refractivity contribution >= 4 is 16.8 Å². The molecule has 0 unspecified atom stereocenters. The lowest BCUT2D eigenvalue weighted by Crippen LogP contribution is -2.42. The molecule has 120 valence electrons. The number of hydrogen-bond donors (Lipinski definition) is 4. The van der Waals surface area contributed by atoms with Crippen molar-refractivity contribution in [2.24, 2.45) is 5.73 Å². The molecule has 0 spiro atoms. The van der Waals surface area contributed by atoms with Crippen molar-refractivity contribution in [1.29, 1.82) is 0 Å². The highest BCUT2D eigenvalue weighted by molar-refractivity contribution is 5.86.